The molecule has 0 unspecified atom stereocenters. The summed E-state index contributed by atoms with van der Waals surface area (Å²) in [6, 6.07) is 3.71. The van der Waals surface area contributed by atoms with Gasteiger partial charge >= 0.3 is 6.09 Å². The molecule has 2 N–H and O–H groups in total. The smallest absolute Gasteiger partial charge is 0.407 e. The Morgan fingerprint density at radius 3 is 2.52 bits per heavy atom. The van der Waals surface area contributed by atoms with Crippen molar-refractivity contribution in [3.8, 4) is 0 Å². The van der Waals surface area contributed by atoms with Crippen molar-refractivity contribution >= 4 is 34.9 Å². The molecule has 1 atom stereocenters. The molecule has 3 rings (SSSR count). The Hall–Kier alpha value is -1.27. The van der Waals surface area contributed by atoms with E-state index in [0.29, 0.717) is 34.1 Å². The predicted molar refractivity (Wildman–Crippen MR) is 90.2 cm³/mol. The summed E-state index contributed by atoms with van der Waals surface area (Å²) >= 11 is 7.20. The number of carbonyl (C=O) groups is 2. The van der Waals surface area contributed by atoms with Gasteiger partial charge < -0.3 is 15.3 Å². The first-order valence-electron chi connectivity index (χ1n) is 8.07. The highest BCUT2D eigenvalue weighted by atomic mass is 35.5. The first kappa shape index (κ1) is 16.6. The Bertz CT molecular complexity index is 580. The number of carbonyl (C=O) groups excluding carboxylic acids is 1. The minimum absolute atomic E-state index is 0.0400. The van der Waals surface area contributed by atoms with E-state index in [1.807, 2.05) is 0 Å². The van der Waals surface area contributed by atoms with Crippen molar-refractivity contribution < 1.29 is 14.7 Å². The molecular formula is C16H21ClN2O3S. The van der Waals surface area contributed by atoms with Gasteiger partial charge in [0.2, 0.25) is 0 Å². The second-order valence-electron chi connectivity index (χ2n) is 6.47. The molecule has 0 spiro atoms. The molecule has 5 nitrogen and oxygen atoms in total. The predicted octanol–water partition coefficient (Wildman–Crippen LogP) is 3.69. The molecular weight excluding hydrogens is 336 g/mol. The lowest BCUT2D eigenvalue weighted by molar-refractivity contribution is 0.0919. The molecule has 1 saturated heterocycles. The number of hydrogen-bond donors (Lipinski definition) is 2. The quantitative estimate of drug-likeness (QED) is 0.845. The third kappa shape index (κ3) is 4.38. The molecule has 1 aliphatic heterocycles. The molecule has 1 aromatic heterocycles. The minimum atomic E-state index is -0.829. The Labute approximate surface area is 144 Å². The highest BCUT2D eigenvalue weighted by Gasteiger charge is 2.35. The average Bonchev–Trinajstić information content (AvgIpc) is 3.28. The Morgan fingerprint density at radius 1 is 1.30 bits per heavy atom. The summed E-state index contributed by atoms with van der Waals surface area (Å²) < 4.78 is 0.624. The van der Waals surface area contributed by atoms with E-state index in [1.165, 1.54) is 29.1 Å². The molecule has 23 heavy (non-hydrogen) atoms. The van der Waals surface area contributed by atoms with Gasteiger partial charge in [-0.15, -0.1) is 11.3 Å². The van der Waals surface area contributed by atoms with Gasteiger partial charge in [0.25, 0.3) is 5.91 Å². The fraction of sp³-hybridized carbons (Fsp3) is 0.625. The third-order valence-electron chi connectivity index (χ3n) is 4.78. The molecule has 7 heteroatoms. The number of hydrogen-bond acceptors (Lipinski definition) is 3. The highest BCUT2D eigenvalue weighted by molar-refractivity contribution is 7.17. The van der Waals surface area contributed by atoms with Gasteiger partial charge in [0.15, 0.2) is 0 Å². The number of carboxylic acid groups (broad SMARTS) is 1. The van der Waals surface area contributed by atoms with Gasteiger partial charge in [-0.3, -0.25) is 4.79 Å². The largest absolute Gasteiger partial charge is 0.465 e. The second-order valence-corrected chi connectivity index (χ2v) is 8.18. The number of amides is 2. The topological polar surface area (TPSA) is 69.6 Å². The van der Waals surface area contributed by atoms with Gasteiger partial charge in [0.1, 0.15) is 0 Å². The van der Waals surface area contributed by atoms with Gasteiger partial charge in [-0.05, 0) is 56.1 Å². The maximum Gasteiger partial charge on any atom is 0.407 e. The summed E-state index contributed by atoms with van der Waals surface area (Å²) in [6.07, 6.45) is 4.23. The monoisotopic (exact) mass is 356 g/mol. The molecule has 0 aromatic carbocycles. The lowest BCUT2D eigenvalue weighted by Crippen LogP contribution is -2.41. The van der Waals surface area contributed by atoms with Crippen LogP contribution in [0.25, 0.3) is 0 Å². The van der Waals surface area contributed by atoms with Gasteiger partial charge in [-0.25, -0.2) is 4.79 Å². The number of piperidine rings is 1. The molecule has 0 bridgehead atoms. The van der Waals surface area contributed by atoms with Crippen molar-refractivity contribution in [2.24, 2.45) is 11.8 Å². The molecule has 2 fully saturated rings. The minimum Gasteiger partial charge on any atom is -0.465 e. The number of likely N-dealkylation sites (tertiary alicyclic amines) is 1. The van der Waals surface area contributed by atoms with Crippen LogP contribution in [0.1, 0.15) is 41.8 Å². The van der Waals surface area contributed by atoms with Crippen LogP contribution >= 0.6 is 22.9 Å². The van der Waals surface area contributed by atoms with Gasteiger partial charge in [0.05, 0.1) is 9.21 Å². The Kier molecular flexibility index (Phi) is 5.11. The van der Waals surface area contributed by atoms with E-state index in [1.54, 1.807) is 12.1 Å². The van der Waals surface area contributed by atoms with Crippen molar-refractivity contribution in [3.63, 3.8) is 0 Å². The van der Waals surface area contributed by atoms with Gasteiger partial charge in [0, 0.05) is 19.1 Å². The lowest BCUT2D eigenvalue weighted by Gasteiger charge is -2.32. The van der Waals surface area contributed by atoms with Crippen LogP contribution in [0.2, 0.25) is 4.34 Å². The molecule has 1 aromatic rings. The van der Waals surface area contributed by atoms with Crippen molar-refractivity contribution in [1.82, 2.24) is 10.2 Å². The molecule has 2 amide bonds. The number of halogens is 1. The molecule has 126 valence electrons. The summed E-state index contributed by atoms with van der Waals surface area (Å²) in [5.74, 6) is 1.03. The molecule has 1 aliphatic carbocycles. The van der Waals surface area contributed by atoms with E-state index in [9.17, 15) is 9.59 Å². The first-order valence-corrected chi connectivity index (χ1v) is 9.26. The summed E-state index contributed by atoms with van der Waals surface area (Å²) in [6.45, 7) is 1.21. The maximum absolute atomic E-state index is 12.3. The fourth-order valence-electron chi connectivity index (χ4n) is 3.26. The number of nitrogens with zero attached hydrogens (tertiary/aromatic N) is 1. The van der Waals surface area contributed by atoms with Crippen molar-refractivity contribution in [1.29, 1.82) is 0 Å². The van der Waals surface area contributed by atoms with E-state index in [0.717, 1.165) is 19.3 Å². The second kappa shape index (κ2) is 7.09. The zero-order valence-electron chi connectivity index (χ0n) is 12.8. The molecule has 2 heterocycles. The Balaban J connectivity index is 1.53. The van der Waals surface area contributed by atoms with Crippen LogP contribution in [0.3, 0.4) is 0 Å². The zero-order chi connectivity index (χ0) is 16.4. The Morgan fingerprint density at radius 2 is 2.00 bits per heavy atom. The van der Waals surface area contributed by atoms with Crippen LogP contribution < -0.4 is 5.32 Å². The third-order valence-corrected chi connectivity index (χ3v) is 6.01. The maximum atomic E-state index is 12.3. The number of rotatable bonds is 5. The summed E-state index contributed by atoms with van der Waals surface area (Å²) in [5.41, 5.74) is 0. The summed E-state index contributed by atoms with van der Waals surface area (Å²) in [5, 5.41) is 12.2. The van der Waals surface area contributed by atoms with Gasteiger partial charge in [-0.1, -0.05) is 11.6 Å². The van der Waals surface area contributed by atoms with E-state index in [2.05, 4.69) is 5.32 Å². The van der Waals surface area contributed by atoms with Crippen LogP contribution in [-0.2, 0) is 0 Å². The van der Waals surface area contributed by atoms with Crippen LogP contribution in [-0.4, -0.2) is 41.1 Å². The van der Waals surface area contributed by atoms with E-state index in [4.69, 9.17) is 16.7 Å². The average molecular weight is 357 g/mol. The summed E-state index contributed by atoms with van der Waals surface area (Å²) in [4.78, 5) is 25.4. The van der Waals surface area contributed by atoms with Crippen molar-refractivity contribution in [2.45, 2.75) is 38.1 Å². The van der Waals surface area contributed by atoms with E-state index in [-0.39, 0.29) is 11.9 Å². The standard InChI is InChI=1S/C16H21ClN2O3S/c17-14-4-3-13(23-14)15(20)18-12(11-1-2-11)9-10-5-7-19(8-6-10)16(21)22/h3-4,10-12H,1-2,5-9H2,(H,18,20)(H,21,22)/t12-/m1/s1. The molecule has 2 aliphatic rings. The van der Waals surface area contributed by atoms with E-state index >= 15 is 0 Å². The zero-order valence-corrected chi connectivity index (χ0v) is 14.4. The van der Waals surface area contributed by atoms with Crippen molar-refractivity contribution in [2.75, 3.05) is 13.1 Å². The molecule has 0 radical (unpaired) electrons. The highest BCUT2D eigenvalue weighted by Crippen LogP contribution is 2.37. The van der Waals surface area contributed by atoms with Crippen LogP contribution in [0.15, 0.2) is 12.1 Å². The summed E-state index contributed by atoms with van der Waals surface area (Å²) in [7, 11) is 0. The molecule has 1 saturated carbocycles. The van der Waals surface area contributed by atoms with Crippen molar-refractivity contribution in [3.05, 3.63) is 21.3 Å². The van der Waals surface area contributed by atoms with E-state index < -0.39 is 6.09 Å². The fourth-order valence-corrected chi connectivity index (χ4v) is 4.21. The van der Waals surface area contributed by atoms with Crippen LogP contribution in [0.5, 0.6) is 0 Å². The first-order chi connectivity index (χ1) is 11.0. The van der Waals surface area contributed by atoms with Gasteiger partial charge in [-0.2, -0.15) is 0 Å². The van der Waals surface area contributed by atoms with Crippen LogP contribution in [0.4, 0.5) is 4.79 Å². The van der Waals surface area contributed by atoms with Crippen LogP contribution in [0, 0.1) is 11.8 Å². The normalized spacial score (nSPS) is 20.3. The number of nitrogens with one attached hydrogen (secondary N) is 1. The lowest BCUT2D eigenvalue weighted by atomic mass is 9.88. The SMILES string of the molecule is O=C(N[C@H](CC1CCN(C(=O)O)CC1)C1CC1)c1ccc(Cl)s1. The number of thiophene rings is 1.